The number of carbonyl (C=O) groups is 4. The summed E-state index contributed by atoms with van der Waals surface area (Å²) in [7, 11) is 15.1. The smallest absolute Gasteiger partial charge is 0.320 e. The molecule has 0 radical (unpaired) electrons. The summed E-state index contributed by atoms with van der Waals surface area (Å²) in [6.45, 7) is 26.5. The first-order valence-electron chi connectivity index (χ1n) is 44.4. The lowest BCUT2D eigenvalue weighted by Gasteiger charge is -2.39. The van der Waals surface area contributed by atoms with Gasteiger partial charge in [0.05, 0.1) is 37.0 Å². The minimum Gasteiger partial charge on any atom is -0.378 e. The number of urea groups is 3. The summed E-state index contributed by atoms with van der Waals surface area (Å²) in [6.07, 6.45) is 34.2. The maximum Gasteiger partial charge on any atom is 0.320 e. The number of halogens is 2. The molecule has 22 nitrogen and oxygen atoms in total. The summed E-state index contributed by atoms with van der Waals surface area (Å²) in [5.74, 6) is 1.72. The van der Waals surface area contributed by atoms with Crippen LogP contribution in [0.3, 0.4) is 0 Å². The number of thioether (sulfide) groups is 1. The third-order valence-corrected chi connectivity index (χ3v) is 30.1. The van der Waals surface area contributed by atoms with Gasteiger partial charge >= 0.3 is 18.1 Å². The van der Waals surface area contributed by atoms with Crippen molar-refractivity contribution in [2.75, 3.05) is 213 Å². The van der Waals surface area contributed by atoms with Gasteiger partial charge in [0.25, 0.3) is 11.2 Å². The van der Waals surface area contributed by atoms with E-state index in [2.05, 4.69) is 119 Å². The zero-order chi connectivity index (χ0) is 79.4. The van der Waals surface area contributed by atoms with Crippen LogP contribution in [-0.4, -0.2) is 367 Å². The molecule has 7 amide bonds. The van der Waals surface area contributed by atoms with Crippen molar-refractivity contribution in [3.8, 4) is 0 Å². The molecule has 27 heteroatoms. The van der Waals surface area contributed by atoms with Gasteiger partial charge in [-0.15, -0.1) is 0 Å². The minimum absolute atomic E-state index is 0.159. The van der Waals surface area contributed by atoms with Gasteiger partial charge in [-0.25, -0.2) is 23.2 Å². The summed E-state index contributed by atoms with van der Waals surface area (Å²) in [4.78, 5) is 88.8. The molecule has 6 atom stereocenters. The van der Waals surface area contributed by atoms with Crippen LogP contribution in [0.4, 0.5) is 28.0 Å². The van der Waals surface area contributed by atoms with Crippen LogP contribution in [0.1, 0.15) is 185 Å². The van der Waals surface area contributed by atoms with Crippen LogP contribution < -0.4 is 5.32 Å². The normalized spacial score (nSPS) is 28.7. The van der Waals surface area contributed by atoms with Crippen LogP contribution in [0.15, 0.2) is 18.3 Å². The van der Waals surface area contributed by atoms with E-state index < -0.39 is 12.5 Å². The van der Waals surface area contributed by atoms with Crippen LogP contribution in [-0.2, 0) is 17.8 Å². The van der Waals surface area contributed by atoms with Gasteiger partial charge in [-0.1, -0.05) is 37.0 Å². The molecule has 0 saturated carbocycles. The fourth-order valence-electron chi connectivity index (χ4n) is 21.7. The third-order valence-electron chi connectivity index (χ3n) is 28.6. The number of amides is 7. The highest BCUT2D eigenvalue weighted by Gasteiger charge is 2.47. The van der Waals surface area contributed by atoms with E-state index in [1.807, 2.05) is 40.3 Å². The van der Waals surface area contributed by atoms with Gasteiger partial charge in [0.2, 0.25) is 0 Å². The number of rotatable bonds is 7. The Morgan fingerprint density at radius 1 is 0.446 bits per heavy atom. The van der Waals surface area contributed by atoms with Crippen molar-refractivity contribution in [2.45, 2.75) is 229 Å². The minimum atomic E-state index is -2.70. The third kappa shape index (κ3) is 24.1. The maximum atomic E-state index is 13.3. The zero-order valence-corrected chi connectivity index (χ0v) is 73.1. The Labute approximate surface area is 689 Å². The Morgan fingerprint density at radius 2 is 0.777 bits per heavy atom. The van der Waals surface area contributed by atoms with E-state index in [0.29, 0.717) is 61.7 Å². The summed E-state index contributed by atoms with van der Waals surface area (Å²) in [5, 5.41) is 4.36. The number of pyridine rings is 1. The molecule has 14 saturated heterocycles. The lowest BCUT2D eigenvalue weighted by atomic mass is 9.88. The summed E-state index contributed by atoms with van der Waals surface area (Å²) in [6, 6.07) is 7.58. The number of fused-ring (bicyclic) bond motifs is 1. The first kappa shape index (κ1) is 88.7. The highest BCUT2D eigenvalue weighted by atomic mass is 32.2. The van der Waals surface area contributed by atoms with Gasteiger partial charge < -0.3 is 83.6 Å². The molecule has 15 aliphatic rings. The molecule has 1 N–H and O–H groups in total. The molecule has 1 aromatic heterocycles. The van der Waals surface area contributed by atoms with Crippen LogP contribution in [0.5, 0.6) is 0 Å². The topological polar surface area (TPSA) is 151 Å². The van der Waals surface area contributed by atoms with Crippen molar-refractivity contribution >= 4 is 69.6 Å². The molecule has 0 spiro atoms. The number of nitrogens with one attached hydrogen (secondary N) is 1. The molecule has 14 fully saturated rings. The summed E-state index contributed by atoms with van der Waals surface area (Å²) >= 11 is 12.3. The average molecular weight is 1620 g/mol. The van der Waals surface area contributed by atoms with E-state index >= 15 is 0 Å². The molecule has 634 valence electrons. The summed E-state index contributed by atoms with van der Waals surface area (Å²) < 4.78 is 32.0. The molecule has 0 aromatic carbocycles. The number of carbonyl (C=O) groups excluding carboxylic acids is 4. The first-order valence-corrected chi connectivity index (χ1v) is 46.4. The van der Waals surface area contributed by atoms with Crippen LogP contribution in [0.25, 0.3) is 0 Å². The molecular weight excluding hydrogens is 1470 g/mol. The Bertz CT molecular complexity index is 2940. The molecule has 1 aromatic rings. The number of likely N-dealkylation sites (tertiary alicyclic amines) is 13. The Balaban J connectivity index is 0.000000134. The lowest BCUT2D eigenvalue weighted by Crippen LogP contribution is -2.52. The Kier molecular flexibility index (Phi) is 34.5. The van der Waals surface area contributed by atoms with E-state index in [1.165, 1.54) is 221 Å². The van der Waals surface area contributed by atoms with E-state index in [0.717, 1.165) is 139 Å². The number of thiocarbonyl (C=S) groups is 2. The van der Waals surface area contributed by atoms with E-state index in [-0.39, 0.29) is 42.3 Å². The van der Waals surface area contributed by atoms with Gasteiger partial charge in [-0.3, -0.25) is 9.78 Å². The number of aromatic nitrogens is 1. The van der Waals surface area contributed by atoms with Crippen molar-refractivity contribution in [3.63, 3.8) is 0 Å². The van der Waals surface area contributed by atoms with Gasteiger partial charge in [0, 0.05) is 121 Å². The first-order chi connectivity index (χ1) is 54.1. The average Bonchev–Trinajstić information content (AvgIpc) is 1.65. The number of nitrogens with zero attached hydrogens (tertiary/aromatic N) is 16. The number of morpholine rings is 1. The molecular formula is C85H147F2N17O5S3. The van der Waals surface area contributed by atoms with E-state index in [1.54, 1.807) is 0 Å². The van der Waals surface area contributed by atoms with Gasteiger partial charge in [-0.05, 0) is 347 Å². The maximum absolute atomic E-state index is 13.3. The van der Waals surface area contributed by atoms with Gasteiger partial charge in [-0.2, -0.15) is 0 Å². The number of piperidine rings is 6. The molecule has 15 aliphatic heterocycles. The second-order valence-corrected chi connectivity index (χ2v) is 37.6. The fraction of sp³-hybridized carbons (Fsp3) is 0.871. The molecule has 16 heterocycles. The predicted molar refractivity (Wildman–Crippen MR) is 456 cm³/mol. The quantitative estimate of drug-likeness (QED) is 0.258. The molecule has 16 rings (SSSR count). The Hall–Kier alpha value is -4.06. The zero-order valence-electron chi connectivity index (χ0n) is 70.6. The Morgan fingerprint density at radius 3 is 1.12 bits per heavy atom. The van der Waals surface area contributed by atoms with Gasteiger partial charge in [0.15, 0.2) is 5.11 Å². The number of hydrogen-bond acceptors (Lipinski definition) is 15. The SMILES string of the molecule is CCC(=S)N1CCC[C@H]1C1CCN(C)CC1.CN1CCC([C@@H]2CCCN2C(=O)N2CCC(F)(F)C2)CC1.CN1CCC([C@@H]2CCCN2C(=O)N2CCOCC2)CC1.CN1CCC([C@@H]2CCCN2C(=O)N2Cc3cccnc3C2)CC1.CNC(=S)N1CCC[C@H]1C1CCN(C)CC1.CSC(=O)N1CCC[C@H]1C1CCN(C)CC1. The van der Waals surface area contributed by atoms with Crippen LogP contribution in [0.2, 0.25) is 0 Å². The standard InChI is InChI=1S/C18H26N4O.C15H25F2N3O.C15H27N3O2.C13H24N2S.C12H23N3S.C12H22N2OS/c1-20-10-6-14(7-11-20)17-5-3-9-22(17)18(23)21-12-15-4-2-8-19-16(15)13-21;1-18-8-4-12(5-9-18)13-3-2-7-20(13)14(21)19-10-6-15(16,17)11-19;1-16-7-4-13(5-8-16)14-3-2-6-18(14)15(19)17-9-11-20-12-10-17;1-3-13(16)15-8-4-5-12(15)11-6-9-14(2)10-7-11;1-13-12(16)15-7-3-4-11(15)10-5-8-14(2)9-6-10;1-13-8-5-10(6-9-13)11-4-3-7-14(11)12(15)16-2/h2,4,8,14,17H,3,5-7,9-13H2,1H3;12-13H,2-11H2,1H3;13-14H,2-12H2,1H3;11-12H,3-10H2,1-2H3;10-11H,3-9H2,1-2H3,(H,13,16);10-11H,3-9H2,1-2H3/t17-;13-;14-;12-;2*11-/m000000/s1. The molecule has 0 bridgehead atoms. The molecule has 0 unspecified atom stereocenters. The van der Waals surface area contributed by atoms with E-state index in [9.17, 15) is 28.0 Å². The fourth-order valence-corrected chi connectivity index (χ4v) is 22.6. The van der Waals surface area contributed by atoms with Gasteiger partial charge in [0.1, 0.15) is 0 Å². The molecule has 112 heavy (non-hydrogen) atoms. The van der Waals surface area contributed by atoms with Crippen LogP contribution in [0, 0.1) is 35.5 Å². The van der Waals surface area contributed by atoms with Crippen molar-refractivity contribution in [2.24, 2.45) is 35.5 Å². The van der Waals surface area contributed by atoms with Crippen molar-refractivity contribution in [3.05, 3.63) is 29.6 Å². The highest BCUT2D eigenvalue weighted by molar-refractivity contribution is 8.12. The second kappa shape index (κ2) is 43.6. The predicted octanol–water partition coefficient (Wildman–Crippen LogP) is 11.9. The van der Waals surface area contributed by atoms with Crippen LogP contribution >= 0.6 is 36.2 Å². The largest absolute Gasteiger partial charge is 0.378 e. The number of alkyl halides is 2. The van der Waals surface area contributed by atoms with Crippen molar-refractivity contribution in [1.82, 2.24) is 83.8 Å². The lowest BCUT2D eigenvalue weighted by molar-refractivity contribution is 0.0130. The molecule has 0 aliphatic carbocycles. The highest BCUT2D eigenvalue weighted by Crippen LogP contribution is 2.39. The number of ether oxygens (including phenoxy) is 1. The number of hydrogen-bond donors (Lipinski definition) is 1. The second-order valence-electron chi connectivity index (χ2n) is 36.0. The monoisotopic (exact) mass is 1620 g/mol. The summed E-state index contributed by atoms with van der Waals surface area (Å²) in [5.41, 5.74) is 2.27. The van der Waals surface area contributed by atoms with E-state index in [4.69, 9.17) is 29.2 Å². The van der Waals surface area contributed by atoms with Crippen molar-refractivity contribution < 1.29 is 32.7 Å². The van der Waals surface area contributed by atoms with Crippen molar-refractivity contribution in [1.29, 1.82) is 0 Å².